The predicted molar refractivity (Wildman–Crippen MR) is 93.0 cm³/mol. The number of nitrogens with zero attached hydrogens (tertiary/aromatic N) is 1. The first-order valence-electron chi connectivity index (χ1n) is 7.41. The molecule has 23 heavy (non-hydrogen) atoms. The summed E-state index contributed by atoms with van der Waals surface area (Å²) in [6.07, 6.45) is 0. The van der Waals surface area contributed by atoms with Crippen molar-refractivity contribution < 1.29 is 14.3 Å². The Morgan fingerprint density at radius 1 is 1.39 bits per heavy atom. The Morgan fingerprint density at radius 3 is 2.65 bits per heavy atom. The van der Waals surface area contributed by atoms with Gasteiger partial charge in [-0.2, -0.15) is 0 Å². The van der Waals surface area contributed by atoms with Gasteiger partial charge in [0.05, 0.1) is 0 Å². The molecule has 0 aromatic heterocycles. The standard InChI is InChI=1S/C16H19BrN2O3S/c1-15(2)11(12(20)22-8-10-6-4-3-5-7-10)19-13(21)16(17,9-18)14(19)23-15/h3-7,11,14H,8-9,18H2,1-2H3/t11-,14+,16-/m0/s1. The third kappa shape index (κ3) is 2.58. The van der Waals surface area contributed by atoms with Gasteiger partial charge < -0.3 is 15.4 Å². The molecule has 2 N–H and O–H groups in total. The van der Waals surface area contributed by atoms with Crippen LogP contribution in [0.3, 0.4) is 0 Å². The zero-order chi connectivity index (χ0) is 16.8. The summed E-state index contributed by atoms with van der Waals surface area (Å²) < 4.78 is 4.28. The van der Waals surface area contributed by atoms with Crippen LogP contribution in [0, 0.1) is 0 Å². The van der Waals surface area contributed by atoms with Crippen molar-refractivity contribution in [3.05, 3.63) is 35.9 Å². The van der Waals surface area contributed by atoms with Gasteiger partial charge in [0.1, 0.15) is 22.3 Å². The second kappa shape index (κ2) is 5.79. The highest BCUT2D eigenvalue weighted by Crippen LogP contribution is 2.57. The molecule has 0 radical (unpaired) electrons. The van der Waals surface area contributed by atoms with E-state index in [2.05, 4.69) is 15.9 Å². The Kier molecular flexibility index (Phi) is 4.23. The molecule has 0 spiro atoms. The number of ether oxygens (including phenoxy) is 1. The lowest BCUT2D eigenvalue weighted by Gasteiger charge is -2.49. The summed E-state index contributed by atoms with van der Waals surface area (Å²) in [6, 6.07) is 8.91. The molecule has 0 saturated carbocycles. The summed E-state index contributed by atoms with van der Waals surface area (Å²) in [4.78, 5) is 26.7. The Bertz CT molecular complexity index is 639. The normalized spacial score (nSPS) is 31.5. The molecule has 2 aliphatic heterocycles. The molecule has 7 heteroatoms. The van der Waals surface area contributed by atoms with Crippen molar-refractivity contribution in [3.63, 3.8) is 0 Å². The van der Waals surface area contributed by atoms with Crippen molar-refractivity contribution in [1.29, 1.82) is 0 Å². The predicted octanol–water partition coefficient (Wildman–Crippen LogP) is 1.88. The number of halogens is 1. The monoisotopic (exact) mass is 398 g/mol. The van der Waals surface area contributed by atoms with Gasteiger partial charge in [0.15, 0.2) is 0 Å². The first-order valence-corrected chi connectivity index (χ1v) is 9.08. The van der Waals surface area contributed by atoms with E-state index in [1.54, 1.807) is 16.7 Å². The number of benzene rings is 1. The molecule has 3 rings (SSSR count). The maximum absolute atomic E-state index is 12.6. The Labute approximate surface area is 148 Å². The Hall–Kier alpha value is -1.05. The van der Waals surface area contributed by atoms with E-state index < -0.39 is 15.1 Å². The molecule has 0 bridgehead atoms. The lowest BCUT2D eigenvalue weighted by molar-refractivity contribution is -0.164. The van der Waals surface area contributed by atoms with Gasteiger partial charge in [0, 0.05) is 11.3 Å². The molecule has 124 valence electrons. The summed E-state index contributed by atoms with van der Waals surface area (Å²) in [5, 5.41) is -0.135. The molecule has 2 saturated heterocycles. The molecule has 0 aliphatic carbocycles. The minimum atomic E-state index is -0.761. The molecule has 3 atom stereocenters. The van der Waals surface area contributed by atoms with E-state index in [1.807, 2.05) is 44.2 Å². The van der Waals surface area contributed by atoms with Crippen LogP contribution < -0.4 is 5.73 Å². The van der Waals surface area contributed by atoms with Gasteiger partial charge >= 0.3 is 5.97 Å². The van der Waals surface area contributed by atoms with Gasteiger partial charge in [-0.05, 0) is 19.4 Å². The summed E-state index contributed by atoms with van der Waals surface area (Å²) in [6.45, 7) is 4.34. The number of nitrogens with two attached hydrogens (primary N) is 1. The highest BCUT2D eigenvalue weighted by Gasteiger charge is 2.70. The van der Waals surface area contributed by atoms with E-state index in [0.29, 0.717) is 0 Å². The largest absolute Gasteiger partial charge is 0.459 e. The fraction of sp³-hybridized carbons (Fsp3) is 0.500. The number of carbonyl (C=O) groups is 2. The van der Waals surface area contributed by atoms with Gasteiger partial charge in [-0.1, -0.05) is 46.3 Å². The highest BCUT2D eigenvalue weighted by molar-refractivity contribution is 9.10. The van der Waals surface area contributed by atoms with Gasteiger partial charge in [-0.25, -0.2) is 4.79 Å². The van der Waals surface area contributed by atoms with Crippen LogP contribution in [0.5, 0.6) is 0 Å². The van der Waals surface area contributed by atoms with Crippen LogP contribution in [0.15, 0.2) is 30.3 Å². The number of thioether (sulfide) groups is 1. The number of hydrogen-bond acceptors (Lipinski definition) is 5. The lowest BCUT2D eigenvalue weighted by atomic mass is 9.91. The quantitative estimate of drug-likeness (QED) is 0.476. The number of alkyl halides is 1. The van der Waals surface area contributed by atoms with Crippen LogP contribution >= 0.6 is 27.7 Å². The second-order valence-corrected chi connectivity index (χ2v) is 9.50. The third-order valence-corrected chi connectivity index (χ3v) is 7.41. The first-order chi connectivity index (χ1) is 10.8. The molecule has 2 aliphatic rings. The summed E-state index contributed by atoms with van der Waals surface area (Å²) in [5.74, 6) is -0.501. The van der Waals surface area contributed by atoms with Crippen molar-refractivity contribution >= 4 is 39.6 Å². The second-order valence-electron chi connectivity index (χ2n) is 6.35. The molecule has 0 unspecified atom stereocenters. The van der Waals surface area contributed by atoms with E-state index in [1.165, 1.54) is 0 Å². The first kappa shape index (κ1) is 16.8. The molecule has 2 fully saturated rings. The maximum Gasteiger partial charge on any atom is 0.330 e. The molecule has 2 heterocycles. The fourth-order valence-electron chi connectivity index (χ4n) is 3.06. The summed E-state index contributed by atoms with van der Waals surface area (Å²) in [7, 11) is 0. The molecular weight excluding hydrogens is 380 g/mol. The smallest absolute Gasteiger partial charge is 0.330 e. The average Bonchev–Trinajstić information content (AvgIpc) is 2.82. The number of carbonyl (C=O) groups excluding carboxylic acids is 2. The van der Waals surface area contributed by atoms with Crippen molar-refractivity contribution in [3.8, 4) is 0 Å². The molecular formula is C16H19BrN2O3S. The minimum absolute atomic E-state index is 0.135. The van der Waals surface area contributed by atoms with E-state index in [0.717, 1.165) is 5.56 Å². The minimum Gasteiger partial charge on any atom is -0.459 e. The van der Waals surface area contributed by atoms with Crippen LogP contribution in [0.4, 0.5) is 0 Å². The van der Waals surface area contributed by atoms with E-state index >= 15 is 0 Å². The van der Waals surface area contributed by atoms with E-state index in [9.17, 15) is 9.59 Å². The van der Waals surface area contributed by atoms with E-state index in [4.69, 9.17) is 10.5 Å². The number of rotatable bonds is 4. The van der Waals surface area contributed by atoms with E-state index in [-0.39, 0.29) is 30.4 Å². The fourth-order valence-corrected chi connectivity index (χ4v) is 5.40. The molecule has 1 aromatic rings. The van der Waals surface area contributed by atoms with Crippen molar-refractivity contribution in [2.75, 3.05) is 6.54 Å². The van der Waals surface area contributed by atoms with Gasteiger partial charge in [-0.15, -0.1) is 11.8 Å². The van der Waals surface area contributed by atoms with Crippen molar-refractivity contribution in [2.45, 2.75) is 40.9 Å². The zero-order valence-electron chi connectivity index (χ0n) is 13.0. The number of β-lactam (4-membered cyclic amide) rings is 1. The summed E-state index contributed by atoms with van der Waals surface area (Å²) >= 11 is 5.04. The van der Waals surface area contributed by atoms with Crippen LogP contribution in [-0.2, 0) is 20.9 Å². The number of esters is 1. The van der Waals surface area contributed by atoms with Crippen molar-refractivity contribution in [1.82, 2.24) is 4.90 Å². The SMILES string of the molecule is CC1(C)S[C@H]2N(C(=O)[C@@]2(Br)CN)[C@H]1C(=O)OCc1ccccc1. The highest BCUT2D eigenvalue weighted by atomic mass is 79.9. The van der Waals surface area contributed by atoms with Crippen LogP contribution in [-0.4, -0.2) is 43.8 Å². The van der Waals surface area contributed by atoms with Crippen LogP contribution in [0.2, 0.25) is 0 Å². The number of fused-ring (bicyclic) bond motifs is 1. The molecule has 1 amide bonds. The lowest BCUT2D eigenvalue weighted by Crippen LogP contribution is -2.73. The van der Waals surface area contributed by atoms with Crippen LogP contribution in [0.25, 0.3) is 0 Å². The van der Waals surface area contributed by atoms with Gasteiger partial charge in [0.2, 0.25) is 5.91 Å². The van der Waals surface area contributed by atoms with Crippen LogP contribution in [0.1, 0.15) is 19.4 Å². The van der Waals surface area contributed by atoms with Gasteiger partial charge in [0.25, 0.3) is 0 Å². The molecule has 1 aromatic carbocycles. The Balaban J connectivity index is 1.74. The maximum atomic E-state index is 12.6. The topological polar surface area (TPSA) is 72.6 Å². The zero-order valence-corrected chi connectivity index (χ0v) is 15.4. The van der Waals surface area contributed by atoms with Crippen molar-refractivity contribution in [2.24, 2.45) is 5.73 Å². The number of amides is 1. The number of hydrogen-bond donors (Lipinski definition) is 1. The Morgan fingerprint density at radius 2 is 2.04 bits per heavy atom. The average molecular weight is 399 g/mol. The van der Waals surface area contributed by atoms with Gasteiger partial charge in [-0.3, -0.25) is 4.79 Å². The molecule has 5 nitrogen and oxygen atoms in total. The third-order valence-electron chi connectivity index (χ3n) is 4.33. The summed E-state index contributed by atoms with van der Waals surface area (Å²) in [5.41, 5.74) is 6.66.